The first-order chi connectivity index (χ1) is 8.72. The smallest absolute Gasteiger partial charge is 0.339 e. The van der Waals surface area contributed by atoms with Crippen molar-refractivity contribution in [2.75, 3.05) is 0 Å². The molecule has 3 nitrogen and oxygen atoms in total. The Morgan fingerprint density at radius 2 is 1.89 bits per heavy atom. The minimum Gasteiger partial charge on any atom is -0.409 e. The monoisotopic (exact) mass is 241 g/mol. The van der Waals surface area contributed by atoms with E-state index in [1.165, 1.54) is 36.5 Å². The topological polar surface area (TPSA) is 43.1 Å². The van der Waals surface area contributed by atoms with Crippen LogP contribution in [0.1, 0.15) is 29.9 Å². The molecule has 0 amide bonds. The van der Waals surface area contributed by atoms with Crippen molar-refractivity contribution < 1.29 is 4.42 Å². The Morgan fingerprint density at radius 1 is 1.11 bits per heavy atom. The molecule has 92 valence electrons. The van der Waals surface area contributed by atoms with Crippen molar-refractivity contribution in [3.8, 4) is 11.3 Å². The number of benzene rings is 1. The van der Waals surface area contributed by atoms with Crippen LogP contribution in [-0.2, 0) is 12.8 Å². The summed E-state index contributed by atoms with van der Waals surface area (Å²) in [5, 5.41) is 0. The van der Waals surface area contributed by atoms with E-state index in [0.717, 1.165) is 12.0 Å². The van der Waals surface area contributed by atoms with Gasteiger partial charge in [-0.3, -0.25) is 0 Å². The number of hydrogen-bond donors (Lipinski definition) is 0. The fraction of sp³-hybridized carbons (Fsp3) is 0.333. The molecule has 1 aromatic heterocycles. The molecule has 0 saturated carbocycles. The number of aromatic nitrogens is 1. The van der Waals surface area contributed by atoms with Crippen molar-refractivity contribution >= 4 is 0 Å². The lowest BCUT2D eigenvalue weighted by molar-refractivity contribution is 0.458. The van der Waals surface area contributed by atoms with Crippen LogP contribution in [0.3, 0.4) is 0 Å². The largest absolute Gasteiger partial charge is 0.409 e. The minimum absolute atomic E-state index is 0.338. The molecule has 3 rings (SSSR count). The number of nitrogens with zero attached hydrogens (tertiary/aromatic N) is 1. The molecule has 0 spiro atoms. The van der Waals surface area contributed by atoms with Gasteiger partial charge in [-0.15, -0.1) is 0 Å². The van der Waals surface area contributed by atoms with Crippen LogP contribution in [0.5, 0.6) is 0 Å². The molecular formula is C15H15NO2. The zero-order valence-corrected chi connectivity index (χ0v) is 10.4. The maximum Gasteiger partial charge on any atom is 0.339 e. The summed E-state index contributed by atoms with van der Waals surface area (Å²) in [5.74, 6) is 0.412. The Labute approximate surface area is 105 Å². The molecule has 1 heterocycles. The highest BCUT2D eigenvalue weighted by atomic mass is 16.4. The van der Waals surface area contributed by atoms with E-state index in [9.17, 15) is 4.79 Å². The molecule has 3 heteroatoms. The first-order valence-electron chi connectivity index (χ1n) is 6.33. The minimum atomic E-state index is -0.338. The molecule has 0 aliphatic heterocycles. The highest BCUT2D eigenvalue weighted by Crippen LogP contribution is 2.26. The molecule has 1 aliphatic rings. The van der Waals surface area contributed by atoms with Crippen LogP contribution in [-0.4, -0.2) is 4.98 Å². The van der Waals surface area contributed by atoms with E-state index in [1.54, 1.807) is 6.92 Å². The molecule has 2 aromatic rings. The van der Waals surface area contributed by atoms with E-state index < -0.39 is 0 Å². The zero-order chi connectivity index (χ0) is 12.5. The number of rotatable bonds is 1. The summed E-state index contributed by atoms with van der Waals surface area (Å²) in [5.41, 5.74) is 4.20. The summed E-state index contributed by atoms with van der Waals surface area (Å²) in [7, 11) is 0. The molecule has 0 fully saturated rings. The number of aryl methyl sites for hydroxylation is 3. The molecule has 0 bridgehead atoms. The van der Waals surface area contributed by atoms with Gasteiger partial charge in [0.2, 0.25) is 0 Å². The van der Waals surface area contributed by atoms with Crippen molar-refractivity contribution in [1.29, 1.82) is 0 Å². The molecule has 1 aromatic carbocycles. The van der Waals surface area contributed by atoms with Crippen LogP contribution < -0.4 is 5.63 Å². The normalized spacial score (nSPS) is 14.3. The third kappa shape index (κ3) is 2.08. The summed E-state index contributed by atoms with van der Waals surface area (Å²) in [6, 6.07) is 7.83. The molecule has 0 unspecified atom stereocenters. The second kappa shape index (κ2) is 4.41. The van der Waals surface area contributed by atoms with Gasteiger partial charge in [-0.1, -0.05) is 12.1 Å². The van der Waals surface area contributed by atoms with Crippen molar-refractivity contribution in [1.82, 2.24) is 4.98 Å². The van der Waals surface area contributed by atoms with Gasteiger partial charge in [0.15, 0.2) is 5.89 Å². The molecular weight excluding hydrogens is 226 g/mol. The Bertz CT molecular complexity index is 643. The molecule has 18 heavy (non-hydrogen) atoms. The molecule has 0 saturated heterocycles. The summed E-state index contributed by atoms with van der Waals surface area (Å²) in [6.45, 7) is 1.70. The lowest BCUT2D eigenvalue weighted by Gasteiger charge is -2.16. The maximum absolute atomic E-state index is 11.4. The van der Waals surface area contributed by atoms with Crippen LogP contribution in [0.15, 0.2) is 33.5 Å². The average molecular weight is 241 g/mol. The van der Waals surface area contributed by atoms with Gasteiger partial charge in [-0.2, -0.15) is 0 Å². The van der Waals surface area contributed by atoms with Gasteiger partial charge in [0.25, 0.3) is 0 Å². The van der Waals surface area contributed by atoms with E-state index in [4.69, 9.17) is 4.42 Å². The van der Waals surface area contributed by atoms with E-state index in [1.807, 2.05) is 6.07 Å². The van der Waals surface area contributed by atoms with Crippen LogP contribution in [0, 0.1) is 6.92 Å². The van der Waals surface area contributed by atoms with Crippen molar-refractivity contribution in [3.05, 3.63) is 51.7 Å². The lowest BCUT2D eigenvalue weighted by Crippen LogP contribution is -2.04. The number of fused-ring (bicyclic) bond motifs is 1. The first-order valence-corrected chi connectivity index (χ1v) is 6.33. The highest BCUT2D eigenvalue weighted by molar-refractivity contribution is 5.60. The summed E-state index contributed by atoms with van der Waals surface area (Å²) in [4.78, 5) is 15.7. The van der Waals surface area contributed by atoms with E-state index >= 15 is 0 Å². The van der Waals surface area contributed by atoms with Crippen LogP contribution >= 0.6 is 0 Å². The third-order valence-corrected chi connectivity index (χ3v) is 3.43. The first kappa shape index (κ1) is 11.2. The Hall–Kier alpha value is -1.90. The lowest BCUT2D eigenvalue weighted by atomic mass is 9.90. The predicted octanol–water partition coefficient (Wildman–Crippen LogP) is 2.89. The molecule has 0 radical (unpaired) electrons. The predicted molar refractivity (Wildman–Crippen MR) is 69.6 cm³/mol. The summed E-state index contributed by atoms with van der Waals surface area (Å²) < 4.78 is 4.89. The van der Waals surface area contributed by atoms with Crippen molar-refractivity contribution in [3.63, 3.8) is 0 Å². The second-order valence-electron chi connectivity index (χ2n) is 4.77. The Kier molecular flexibility index (Phi) is 2.74. The molecule has 0 N–H and O–H groups in total. The van der Waals surface area contributed by atoms with Gasteiger partial charge in [0.1, 0.15) is 0 Å². The number of hydrogen-bond acceptors (Lipinski definition) is 3. The fourth-order valence-corrected chi connectivity index (χ4v) is 2.55. The van der Waals surface area contributed by atoms with Gasteiger partial charge < -0.3 is 4.42 Å². The van der Waals surface area contributed by atoms with Gasteiger partial charge in [0, 0.05) is 12.5 Å². The third-order valence-electron chi connectivity index (χ3n) is 3.43. The van der Waals surface area contributed by atoms with E-state index in [0.29, 0.717) is 11.6 Å². The summed E-state index contributed by atoms with van der Waals surface area (Å²) in [6.07, 6.45) is 4.82. The van der Waals surface area contributed by atoms with Crippen LogP contribution in [0.25, 0.3) is 11.3 Å². The standard InChI is InChI=1S/C15H15NO2/c1-10-16-14(9-15(17)18-10)13-7-6-11-4-2-3-5-12(11)8-13/h6-9H,2-5H2,1H3. The quantitative estimate of drug-likeness (QED) is 0.771. The van der Waals surface area contributed by atoms with E-state index in [2.05, 4.69) is 17.1 Å². The SMILES string of the molecule is Cc1nc(-c2ccc3c(c2)CCCC3)cc(=O)o1. The summed E-state index contributed by atoms with van der Waals surface area (Å²) >= 11 is 0. The zero-order valence-electron chi connectivity index (χ0n) is 10.4. The van der Waals surface area contributed by atoms with Crippen LogP contribution in [0.4, 0.5) is 0 Å². The molecule has 1 aliphatic carbocycles. The second-order valence-corrected chi connectivity index (χ2v) is 4.77. The van der Waals surface area contributed by atoms with Gasteiger partial charge in [-0.25, -0.2) is 9.78 Å². The van der Waals surface area contributed by atoms with E-state index in [-0.39, 0.29) is 5.63 Å². The Morgan fingerprint density at radius 3 is 2.67 bits per heavy atom. The average Bonchev–Trinajstić information content (AvgIpc) is 2.37. The molecule has 0 atom stereocenters. The van der Waals surface area contributed by atoms with Gasteiger partial charge >= 0.3 is 5.63 Å². The van der Waals surface area contributed by atoms with Gasteiger partial charge in [-0.05, 0) is 42.9 Å². The van der Waals surface area contributed by atoms with Crippen LogP contribution in [0.2, 0.25) is 0 Å². The van der Waals surface area contributed by atoms with Crippen molar-refractivity contribution in [2.45, 2.75) is 32.6 Å². The Balaban J connectivity index is 2.08. The van der Waals surface area contributed by atoms with Gasteiger partial charge in [0.05, 0.1) is 11.8 Å². The highest BCUT2D eigenvalue weighted by Gasteiger charge is 2.11. The fourth-order valence-electron chi connectivity index (χ4n) is 2.55. The maximum atomic E-state index is 11.4. The van der Waals surface area contributed by atoms with Crippen molar-refractivity contribution in [2.24, 2.45) is 0 Å².